The summed E-state index contributed by atoms with van der Waals surface area (Å²) in [6, 6.07) is 10.1. The van der Waals surface area contributed by atoms with Gasteiger partial charge in [0.25, 0.3) is 0 Å². The van der Waals surface area contributed by atoms with Crippen molar-refractivity contribution < 1.29 is 19.4 Å². The van der Waals surface area contributed by atoms with Gasteiger partial charge in [0.1, 0.15) is 12.4 Å². The number of carbonyl (C=O) groups is 1. The van der Waals surface area contributed by atoms with Crippen molar-refractivity contribution in [2.45, 2.75) is 38.3 Å². The summed E-state index contributed by atoms with van der Waals surface area (Å²) in [6.07, 6.45) is 4.31. The van der Waals surface area contributed by atoms with Crippen molar-refractivity contribution in [3.63, 3.8) is 0 Å². The number of carbonyl (C=O) groups excluding carboxylic acids is 1. The standard InChI is InChI=1S/C27H36N2O4S/c1-3-12-32-18-22(30)16-28(15-21-7-8-21)17-27(31)29-11-9-26-24(10-13-34-26)25(29)19-33-23-6-4-5-20(2)14-23/h3-6,10,13-14,21-22,25,30H,1,7-9,11-12,15-19H2,2H3/t22-,25-/m0/s1. The first-order valence-electron chi connectivity index (χ1n) is 12.2. The van der Waals surface area contributed by atoms with Gasteiger partial charge in [0.2, 0.25) is 5.91 Å². The van der Waals surface area contributed by atoms with Gasteiger partial charge in [-0.2, -0.15) is 0 Å². The third kappa shape index (κ3) is 6.92. The van der Waals surface area contributed by atoms with E-state index in [-0.39, 0.29) is 18.6 Å². The number of hydrogen-bond acceptors (Lipinski definition) is 6. The fourth-order valence-corrected chi connectivity index (χ4v) is 5.47. The van der Waals surface area contributed by atoms with E-state index < -0.39 is 6.10 Å². The topological polar surface area (TPSA) is 62.2 Å². The van der Waals surface area contributed by atoms with Crippen LogP contribution in [-0.4, -0.2) is 72.9 Å². The van der Waals surface area contributed by atoms with Crippen LogP contribution in [0.5, 0.6) is 5.75 Å². The Morgan fingerprint density at radius 1 is 1.38 bits per heavy atom. The second-order valence-electron chi connectivity index (χ2n) is 9.40. The molecular formula is C27H36N2O4S. The van der Waals surface area contributed by atoms with Crippen LogP contribution in [-0.2, 0) is 16.0 Å². The van der Waals surface area contributed by atoms with Crippen LogP contribution in [0.2, 0.25) is 0 Å². The summed E-state index contributed by atoms with van der Waals surface area (Å²) in [4.78, 5) is 19.0. The number of thiophene rings is 1. The van der Waals surface area contributed by atoms with E-state index in [2.05, 4.69) is 22.9 Å². The number of fused-ring (bicyclic) bond motifs is 1. The molecule has 1 aromatic carbocycles. The fourth-order valence-electron chi connectivity index (χ4n) is 4.54. The van der Waals surface area contributed by atoms with Crippen LogP contribution in [0, 0.1) is 12.8 Å². The molecule has 2 aromatic rings. The van der Waals surface area contributed by atoms with Gasteiger partial charge in [-0.1, -0.05) is 18.2 Å². The molecule has 1 aromatic heterocycles. The van der Waals surface area contributed by atoms with E-state index in [4.69, 9.17) is 9.47 Å². The Kier molecular flexibility index (Phi) is 8.78. The van der Waals surface area contributed by atoms with Crippen molar-refractivity contribution in [1.82, 2.24) is 9.80 Å². The third-order valence-corrected chi connectivity index (χ3v) is 7.40. The van der Waals surface area contributed by atoms with Gasteiger partial charge >= 0.3 is 0 Å². The van der Waals surface area contributed by atoms with Gasteiger partial charge in [-0.25, -0.2) is 0 Å². The number of hydrogen-bond donors (Lipinski definition) is 1. The summed E-state index contributed by atoms with van der Waals surface area (Å²) in [6.45, 7) is 9.04. The zero-order valence-electron chi connectivity index (χ0n) is 20.0. The minimum Gasteiger partial charge on any atom is -0.491 e. The Morgan fingerprint density at radius 2 is 2.24 bits per heavy atom. The molecule has 2 atom stereocenters. The lowest BCUT2D eigenvalue weighted by atomic mass is 10.0. The smallest absolute Gasteiger partial charge is 0.237 e. The SMILES string of the molecule is C=CCOC[C@@H](O)CN(CC(=O)N1CCc2sccc2[C@@H]1COc1cccc(C)c1)CC1CC1. The molecule has 2 heterocycles. The highest BCUT2D eigenvalue weighted by Gasteiger charge is 2.34. The summed E-state index contributed by atoms with van der Waals surface area (Å²) < 4.78 is 11.6. The molecule has 1 N–H and O–H groups in total. The maximum Gasteiger partial charge on any atom is 0.237 e. The van der Waals surface area contributed by atoms with Crippen molar-refractivity contribution in [3.05, 3.63) is 64.4 Å². The second kappa shape index (κ2) is 12.0. The van der Waals surface area contributed by atoms with Crippen LogP contribution in [0.15, 0.2) is 48.4 Å². The molecule has 0 unspecified atom stereocenters. The minimum absolute atomic E-state index is 0.0922. The maximum atomic E-state index is 13.6. The highest BCUT2D eigenvalue weighted by molar-refractivity contribution is 7.10. The molecular weight excluding hydrogens is 448 g/mol. The zero-order chi connectivity index (χ0) is 23.9. The zero-order valence-corrected chi connectivity index (χ0v) is 20.8. The fraction of sp³-hybridized carbons (Fsp3) is 0.519. The molecule has 184 valence electrons. The van der Waals surface area contributed by atoms with Crippen LogP contribution < -0.4 is 4.74 Å². The average molecular weight is 485 g/mol. The van der Waals surface area contributed by atoms with E-state index in [0.29, 0.717) is 38.8 Å². The molecule has 7 heteroatoms. The molecule has 34 heavy (non-hydrogen) atoms. The van der Waals surface area contributed by atoms with E-state index in [9.17, 15) is 9.90 Å². The number of amides is 1. The Morgan fingerprint density at radius 3 is 3.00 bits per heavy atom. The summed E-state index contributed by atoms with van der Waals surface area (Å²) in [5.74, 6) is 1.54. The molecule has 0 spiro atoms. The Hall–Kier alpha value is -2.19. The van der Waals surface area contributed by atoms with E-state index in [1.165, 1.54) is 23.3 Å². The minimum atomic E-state index is -0.628. The monoisotopic (exact) mass is 484 g/mol. The number of benzene rings is 1. The van der Waals surface area contributed by atoms with Crippen LogP contribution >= 0.6 is 11.3 Å². The van der Waals surface area contributed by atoms with E-state index in [1.807, 2.05) is 36.1 Å². The summed E-state index contributed by atoms with van der Waals surface area (Å²) >= 11 is 1.76. The van der Waals surface area contributed by atoms with Gasteiger partial charge < -0.3 is 19.5 Å². The lowest BCUT2D eigenvalue weighted by Crippen LogP contribution is -2.48. The predicted octanol–water partition coefficient (Wildman–Crippen LogP) is 3.84. The first-order chi connectivity index (χ1) is 16.5. The first-order valence-corrected chi connectivity index (χ1v) is 13.1. The van der Waals surface area contributed by atoms with Crippen molar-refractivity contribution in [3.8, 4) is 5.75 Å². The first kappa shape index (κ1) is 24.9. The van der Waals surface area contributed by atoms with Crippen LogP contribution in [0.3, 0.4) is 0 Å². The van der Waals surface area contributed by atoms with Crippen LogP contribution in [0.25, 0.3) is 0 Å². The Labute approximate surface area is 206 Å². The molecule has 1 aliphatic carbocycles. The molecule has 2 aliphatic rings. The van der Waals surface area contributed by atoms with Crippen LogP contribution in [0.4, 0.5) is 0 Å². The molecule has 1 amide bonds. The number of nitrogens with zero attached hydrogens (tertiary/aromatic N) is 2. The highest BCUT2D eigenvalue weighted by atomic mass is 32.1. The molecule has 1 fully saturated rings. The van der Waals surface area contributed by atoms with Gasteiger partial charge in [0, 0.05) is 24.5 Å². The van der Waals surface area contributed by atoms with Gasteiger partial charge in [0.05, 0.1) is 31.9 Å². The van der Waals surface area contributed by atoms with Crippen molar-refractivity contribution in [1.29, 1.82) is 0 Å². The Balaban J connectivity index is 1.42. The molecule has 1 saturated carbocycles. The van der Waals surface area contributed by atoms with Gasteiger partial charge in [0.15, 0.2) is 0 Å². The van der Waals surface area contributed by atoms with Crippen molar-refractivity contribution >= 4 is 17.2 Å². The molecule has 0 radical (unpaired) electrons. The van der Waals surface area contributed by atoms with E-state index in [1.54, 1.807) is 17.4 Å². The number of aliphatic hydroxyl groups excluding tert-OH is 1. The second-order valence-corrected chi connectivity index (χ2v) is 10.4. The summed E-state index contributed by atoms with van der Waals surface area (Å²) in [7, 11) is 0. The van der Waals surface area contributed by atoms with E-state index in [0.717, 1.165) is 24.3 Å². The van der Waals surface area contributed by atoms with Gasteiger partial charge in [-0.05, 0) is 66.8 Å². The largest absolute Gasteiger partial charge is 0.491 e. The predicted molar refractivity (Wildman–Crippen MR) is 135 cm³/mol. The van der Waals surface area contributed by atoms with Crippen molar-refractivity contribution in [2.75, 3.05) is 46.0 Å². The maximum absolute atomic E-state index is 13.6. The Bertz CT molecular complexity index is 958. The molecule has 4 rings (SSSR count). The van der Waals surface area contributed by atoms with Crippen LogP contribution in [0.1, 0.15) is 34.9 Å². The lowest BCUT2D eigenvalue weighted by molar-refractivity contribution is -0.136. The summed E-state index contributed by atoms with van der Waals surface area (Å²) in [5.41, 5.74) is 2.35. The number of rotatable bonds is 13. The molecule has 6 nitrogen and oxygen atoms in total. The van der Waals surface area contributed by atoms with Crippen molar-refractivity contribution in [2.24, 2.45) is 5.92 Å². The summed E-state index contributed by atoms with van der Waals surface area (Å²) in [5, 5.41) is 12.6. The third-order valence-electron chi connectivity index (χ3n) is 6.40. The van der Waals surface area contributed by atoms with E-state index >= 15 is 0 Å². The van der Waals surface area contributed by atoms with Gasteiger partial charge in [-0.15, -0.1) is 17.9 Å². The molecule has 0 saturated heterocycles. The lowest BCUT2D eigenvalue weighted by Gasteiger charge is -2.37. The number of ether oxygens (including phenoxy) is 2. The molecule has 1 aliphatic heterocycles. The normalized spacial score (nSPS) is 18.6. The molecule has 0 bridgehead atoms. The highest BCUT2D eigenvalue weighted by Crippen LogP contribution is 2.34. The number of aliphatic hydroxyl groups is 1. The average Bonchev–Trinajstić information content (AvgIpc) is 3.49. The quantitative estimate of drug-likeness (QED) is 0.346. The number of aryl methyl sites for hydroxylation is 1. The van der Waals surface area contributed by atoms with Gasteiger partial charge in [-0.3, -0.25) is 9.69 Å².